The molecular weight excluding hydrogens is 366 g/mol. The number of nitrogens with one attached hydrogen (secondary N) is 1. The Hall–Kier alpha value is -2.73. The van der Waals surface area contributed by atoms with Crippen LogP contribution in [0, 0.1) is 0 Å². The number of amides is 1. The predicted molar refractivity (Wildman–Crippen MR) is 109 cm³/mol. The molecule has 3 N–H and O–H groups in total. The normalized spacial score (nSPS) is 11.0. The smallest absolute Gasteiger partial charge is 0.244 e. The van der Waals surface area contributed by atoms with E-state index in [-0.39, 0.29) is 18.4 Å². The highest BCUT2D eigenvalue weighted by atomic mass is 35.5. The van der Waals surface area contributed by atoms with Crippen LogP contribution in [0.4, 0.5) is 5.69 Å². The van der Waals surface area contributed by atoms with Gasteiger partial charge in [0.05, 0.1) is 30.4 Å². The quantitative estimate of drug-likeness (QED) is 0.408. The van der Waals surface area contributed by atoms with Gasteiger partial charge in [0.25, 0.3) is 0 Å². The maximum Gasteiger partial charge on any atom is 0.244 e. The minimum absolute atomic E-state index is 0.0335. The van der Waals surface area contributed by atoms with Gasteiger partial charge in [-0.15, -0.1) is 0 Å². The fourth-order valence-electron chi connectivity index (χ4n) is 2.31. The summed E-state index contributed by atoms with van der Waals surface area (Å²) < 4.78 is 11.3. The van der Waals surface area contributed by atoms with Crippen LogP contribution in [0.25, 0.3) is 0 Å². The van der Waals surface area contributed by atoms with Gasteiger partial charge in [-0.2, -0.15) is 5.10 Å². The standard InChI is InChI=1S/C20H24ClN3O3/c1-4-26-18-10-15(9-17(21)20(18)27-13(2)3)12-23-24-19(25)11-14-5-7-16(22)8-6-14/h5-10,12-13H,4,11,22H2,1-3H3,(H,24,25)/b23-12-. The molecule has 0 fully saturated rings. The van der Waals surface area contributed by atoms with Crippen LogP contribution in [0.15, 0.2) is 41.5 Å². The molecule has 0 radical (unpaired) electrons. The molecule has 0 aliphatic heterocycles. The first-order valence-corrected chi connectivity index (χ1v) is 9.06. The van der Waals surface area contributed by atoms with Crippen molar-refractivity contribution in [3.63, 3.8) is 0 Å². The van der Waals surface area contributed by atoms with E-state index in [1.165, 1.54) is 6.21 Å². The molecule has 2 aromatic rings. The molecular formula is C20H24ClN3O3. The van der Waals surface area contributed by atoms with E-state index < -0.39 is 0 Å². The highest BCUT2D eigenvalue weighted by Gasteiger charge is 2.13. The fraction of sp³-hybridized carbons (Fsp3) is 0.300. The Morgan fingerprint density at radius 2 is 2.00 bits per heavy atom. The van der Waals surface area contributed by atoms with Gasteiger partial charge in [-0.1, -0.05) is 23.7 Å². The molecule has 0 unspecified atom stereocenters. The van der Waals surface area contributed by atoms with Crippen molar-refractivity contribution < 1.29 is 14.3 Å². The van der Waals surface area contributed by atoms with E-state index in [4.69, 9.17) is 26.8 Å². The first-order valence-electron chi connectivity index (χ1n) is 8.68. The van der Waals surface area contributed by atoms with E-state index in [0.29, 0.717) is 34.4 Å². The van der Waals surface area contributed by atoms with Gasteiger partial charge < -0.3 is 15.2 Å². The lowest BCUT2D eigenvalue weighted by molar-refractivity contribution is -0.120. The number of hydrazone groups is 1. The van der Waals surface area contributed by atoms with Crippen molar-refractivity contribution in [2.75, 3.05) is 12.3 Å². The van der Waals surface area contributed by atoms with Crippen molar-refractivity contribution in [1.29, 1.82) is 0 Å². The molecule has 0 atom stereocenters. The molecule has 0 spiro atoms. The third-order valence-electron chi connectivity index (χ3n) is 3.43. The Labute approximate surface area is 164 Å². The predicted octanol–water partition coefficient (Wildman–Crippen LogP) is 3.80. The lowest BCUT2D eigenvalue weighted by Gasteiger charge is -2.16. The minimum Gasteiger partial charge on any atom is -0.490 e. The van der Waals surface area contributed by atoms with Crippen LogP contribution < -0.4 is 20.6 Å². The number of benzene rings is 2. The van der Waals surface area contributed by atoms with Crippen LogP contribution in [-0.2, 0) is 11.2 Å². The molecule has 27 heavy (non-hydrogen) atoms. The van der Waals surface area contributed by atoms with Crippen LogP contribution in [-0.4, -0.2) is 24.8 Å². The van der Waals surface area contributed by atoms with Crippen LogP contribution >= 0.6 is 11.6 Å². The van der Waals surface area contributed by atoms with Crippen LogP contribution in [0.3, 0.4) is 0 Å². The summed E-state index contributed by atoms with van der Waals surface area (Å²) >= 11 is 6.31. The van der Waals surface area contributed by atoms with Gasteiger partial charge in [0, 0.05) is 5.69 Å². The topological polar surface area (TPSA) is 85.9 Å². The zero-order valence-electron chi connectivity index (χ0n) is 15.7. The number of hydrogen-bond acceptors (Lipinski definition) is 5. The molecule has 6 nitrogen and oxygen atoms in total. The van der Waals surface area contributed by atoms with E-state index in [1.807, 2.05) is 20.8 Å². The summed E-state index contributed by atoms with van der Waals surface area (Å²) in [7, 11) is 0. The first-order chi connectivity index (χ1) is 12.9. The van der Waals surface area contributed by atoms with E-state index in [2.05, 4.69) is 10.5 Å². The first kappa shape index (κ1) is 20.6. The Balaban J connectivity index is 2.04. The van der Waals surface area contributed by atoms with Gasteiger partial charge in [0.2, 0.25) is 5.91 Å². The molecule has 0 bridgehead atoms. The second-order valence-electron chi connectivity index (χ2n) is 6.14. The monoisotopic (exact) mass is 389 g/mol. The van der Waals surface area contributed by atoms with Gasteiger partial charge in [0.15, 0.2) is 11.5 Å². The number of halogens is 1. The van der Waals surface area contributed by atoms with E-state index in [0.717, 1.165) is 5.56 Å². The molecule has 0 aliphatic rings. The Bertz CT molecular complexity index is 805. The van der Waals surface area contributed by atoms with Crippen LogP contribution in [0.5, 0.6) is 11.5 Å². The Kier molecular flexibility index (Phi) is 7.49. The maximum atomic E-state index is 12.0. The number of rotatable bonds is 8. The third kappa shape index (κ3) is 6.49. The van der Waals surface area contributed by atoms with E-state index >= 15 is 0 Å². The summed E-state index contributed by atoms with van der Waals surface area (Å²) in [5, 5.41) is 4.40. The van der Waals surface area contributed by atoms with Crippen LogP contribution in [0.2, 0.25) is 5.02 Å². The maximum absolute atomic E-state index is 12.0. The Morgan fingerprint density at radius 1 is 1.30 bits per heavy atom. The summed E-state index contributed by atoms with van der Waals surface area (Å²) in [5.41, 5.74) is 10.3. The Morgan fingerprint density at radius 3 is 2.63 bits per heavy atom. The number of nitrogens with zero attached hydrogens (tertiary/aromatic N) is 1. The van der Waals surface area contributed by atoms with Crippen molar-refractivity contribution in [2.45, 2.75) is 33.3 Å². The average Bonchev–Trinajstić information content (AvgIpc) is 2.60. The molecule has 0 aromatic heterocycles. The summed E-state index contributed by atoms with van der Waals surface area (Å²) in [6.07, 6.45) is 1.69. The van der Waals surface area contributed by atoms with E-state index in [1.54, 1.807) is 36.4 Å². The van der Waals surface area contributed by atoms with Crippen molar-refractivity contribution in [1.82, 2.24) is 5.43 Å². The highest BCUT2D eigenvalue weighted by molar-refractivity contribution is 6.32. The zero-order valence-corrected chi connectivity index (χ0v) is 16.4. The molecule has 0 heterocycles. The van der Waals surface area contributed by atoms with Gasteiger partial charge in [-0.3, -0.25) is 4.79 Å². The molecule has 0 aliphatic carbocycles. The number of anilines is 1. The van der Waals surface area contributed by atoms with Gasteiger partial charge >= 0.3 is 0 Å². The molecule has 2 rings (SSSR count). The number of carbonyl (C=O) groups is 1. The van der Waals surface area contributed by atoms with Crippen molar-refractivity contribution in [3.05, 3.63) is 52.5 Å². The summed E-state index contributed by atoms with van der Waals surface area (Å²) in [5.74, 6) is 0.804. The summed E-state index contributed by atoms with van der Waals surface area (Å²) in [6.45, 7) is 6.19. The molecule has 2 aromatic carbocycles. The van der Waals surface area contributed by atoms with Crippen LogP contribution in [0.1, 0.15) is 31.9 Å². The van der Waals surface area contributed by atoms with Crippen molar-refractivity contribution in [3.8, 4) is 11.5 Å². The summed E-state index contributed by atoms with van der Waals surface area (Å²) in [6, 6.07) is 10.6. The second kappa shape index (κ2) is 9.83. The summed E-state index contributed by atoms with van der Waals surface area (Å²) in [4.78, 5) is 12.0. The van der Waals surface area contributed by atoms with Gasteiger partial charge in [0.1, 0.15) is 0 Å². The van der Waals surface area contributed by atoms with Gasteiger partial charge in [-0.05, 0) is 56.2 Å². The third-order valence-corrected chi connectivity index (χ3v) is 3.71. The number of carbonyl (C=O) groups excluding carboxylic acids is 1. The largest absolute Gasteiger partial charge is 0.490 e. The van der Waals surface area contributed by atoms with E-state index in [9.17, 15) is 4.79 Å². The second-order valence-corrected chi connectivity index (χ2v) is 6.55. The molecule has 0 saturated heterocycles. The number of nitrogen functional groups attached to an aromatic ring is 1. The van der Waals surface area contributed by atoms with Crippen molar-refractivity contribution >= 4 is 29.4 Å². The number of nitrogens with two attached hydrogens (primary N) is 1. The molecule has 0 saturated carbocycles. The fourth-order valence-corrected chi connectivity index (χ4v) is 2.58. The molecule has 1 amide bonds. The zero-order chi connectivity index (χ0) is 19.8. The molecule has 7 heteroatoms. The minimum atomic E-state index is -0.230. The van der Waals surface area contributed by atoms with Gasteiger partial charge in [-0.25, -0.2) is 5.43 Å². The highest BCUT2D eigenvalue weighted by Crippen LogP contribution is 2.37. The SMILES string of the molecule is CCOc1cc(/C=N\NC(=O)Cc2ccc(N)cc2)cc(Cl)c1OC(C)C. The number of ether oxygens (including phenoxy) is 2. The lowest BCUT2D eigenvalue weighted by Crippen LogP contribution is -2.19. The lowest BCUT2D eigenvalue weighted by atomic mass is 10.1. The van der Waals surface area contributed by atoms with Crippen molar-refractivity contribution in [2.24, 2.45) is 5.10 Å². The number of hydrogen-bond donors (Lipinski definition) is 2. The average molecular weight is 390 g/mol. The molecule has 144 valence electrons.